The predicted octanol–water partition coefficient (Wildman–Crippen LogP) is 2.72. The minimum atomic E-state index is -3.54. The Morgan fingerprint density at radius 1 is 1.09 bits per heavy atom. The van der Waals surface area contributed by atoms with Gasteiger partial charge in [0.2, 0.25) is 10.0 Å². The third kappa shape index (κ3) is 3.23. The average Bonchev–Trinajstić information content (AvgIpc) is 3.09. The number of nitrogens with zero attached hydrogens (tertiary/aromatic N) is 2. The highest BCUT2D eigenvalue weighted by atomic mass is 32.2. The molecule has 0 atom stereocenters. The molecule has 1 fully saturated rings. The van der Waals surface area contributed by atoms with Crippen LogP contribution in [0.5, 0.6) is 0 Å². The van der Waals surface area contributed by atoms with E-state index >= 15 is 0 Å². The summed E-state index contributed by atoms with van der Waals surface area (Å²) >= 11 is 0. The SMILES string of the molecule is CC(=O)c1cccc(S(=O)(=O)N2CCC(n3cccc3)CC2)c1. The minimum absolute atomic E-state index is 0.131. The highest BCUT2D eigenvalue weighted by Crippen LogP contribution is 2.27. The summed E-state index contributed by atoms with van der Waals surface area (Å²) in [6, 6.07) is 10.6. The van der Waals surface area contributed by atoms with Crippen LogP contribution in [0.2, 0.25) is 0 Å². The van der Waals surface area contributed by atoms with Gasteiger partial charge in [0.05, 0.1) is 4.90 Å². The molecule has 1 aliphatic heterocycles. The fourth-order valence-electron chi connectivity index (χ4n) is 3.00. The van der Waals surface area contributed by atoms with Crippen molar-refractivity contribution in [1.82, 2.24) is 8.87 Å². The highest BCUT2D eigenvalue weighted by Gasteiger charge is 2.30. The average molecular weight is 332 g/mol. The summed E-state index contributed by atoms with van der Waals surface area (Å²) < 4.78 is 29.2. The van der Waals surface area contributed by atoms with Crippen LogP contribution in [0.3, 0.4) is 0 Å². The van der Waals surface area contributed by atoms with Crippen LogP contribution in [-0.4, -0.2) is 36.2 Å². The Bertz CT molecular complexity index is 789. The first-order valence-corrected chi connectivity index (χ1v) is 9.16. The summed E-state index contributed by atoms with van der Waals surface area (Å²) in [5.41, 5.74) is 0.424. The van der Waals surface area contributed by atoms with E-state index in [9.17, 15) is 13.2 Å². The van der Waals surface area contributed by atoms with E-state index in [1.165, 1.54) is 17.3 Å². The first kappa shape index (κ1) is 16.0. The molecule has 0 aliphatic carbocycles. The molecular weight excluding hydrogens is 312 g/mol. The number of ketones is 1. The van der Waals surface area contributed by atoms with Crippen molar-refractivity contribution in [3.8, 4) is 0 Å². The third-order valence-electron chi connectivity index (χ3n) is 4.35. The fraction of sp³-hybridized carbons (Fsp3) is 0.353. The van der Waals surface area contributed by atoms with E-state index in [4.69, 9.17) is 0 Å². The van der Waals surface area contributed by atoms with Crippen molar-refractivity contribution in [2.45, 2.75) is 30.7 Å². The quantitative estimate of drug-likeness (QED) is 0.809. The molecule has 122 valence electrons. The number of aromatic nitrogens is 1. The molecule has 0 unspecified atom stereocenters. The maximum atomic E-state index is 12.8. The Labute approximate surface area is 136 Å². The topological polar surface area (TPSA) is 59.4 Å². The third-order valence-corrected chi connectivity index (χ3v) is 6.25. The van der Waals surface area contributed by atoms with Crippen molar-refractivity contribution >= 4 is 15.8 Å². The van der Waals surface area contributed by atoms with Gasteiger partial charge in [-0.2, -0.15) is 4.31 Å². The number of hydrogen-bond acceptors (Lipinski definition) is 3. The lowest BCUT2D eigenvalue weighted by atomic mass is 10.1. The van der Waals surface area contributed by atoms with Gasteiger partial charge in [-0.05, 0) is 44.0 Å². The van der Waals surface area contributed by atoms with E-state index in [-0.39, 0.29) is 10.7 Å². The molecule has 0 bridgehead atoms. The molecule has 5 nitrogen and oxygen atoms in total. The fourth-order valence-corrected chi connectivity index (χ4v) is 4.51. The van der Waals surface area contributed by atoms with E-state index in [1.807, 2.05) is 24.5 Å². The first-order chi connectivity index (χ1) is 11.0. The second kappa shape index (κ2) is 6.29. The summed E-state index contributed by atoms with van der Waals surface area (Å²) in [5.74, 6) is -0.131. The molecule has 0 spiro atoms. The summed E-state index contributed by atoms with van der Waals surface area (Å²) in [6.45, 7) is 2.43. The van der Waals surface area contributed by atoms with Gasteiger partial charge in [0.25, 0.3) is 0 Å². The van der Waals surface area contributed by atoms with Crippen molar-refractivity contribution in [2.75, 3.05) is 13.1 Å². The Hall–Kier alpha value is -1.92. The second-order valence-electron chi connectivity index (χ2n) is 5.85. The summed E-state index contributed by atoms with van der Waals surface area (Å²) in [6.07, 6.45) is 5.62. The van der Waals surface area contributed by atoms with Crippen LogP contribution in [0.4, 0.5) is 0 Å². The van der Waals surface area contributed by atoms with Crippen molar-refractivity contribution in [1.29, 1.82) is 0 Å². The van der Waals surface area contributed by atoms with Crippen molar-refractivity contribution in [3.05, 3.63) is 54.4 Å². The number of hydrogen-bond donors (Lipinski definition) is 0. The van der Waals surface area contributed by atoms with Crippen LogP contribution in [0, 0.1) is 0 Å². The first-order valence-electron chi connectivity index (χ1n) is 7.72. The smallest absolute Gasteiger partial charge is 0.243 e. The predicted molar refractivity (Wildman–Crippen MR) is 87.9 cm³/mol. The van der Waals surface area contributed by atoms with E-state index < -0.39 is 10.0 Å². The molecule has 1 saturated heterocycles. The van der Waals surface area contributed by atoms with Crippen LogP contribution < -0.4 is 0 Å². The monoisotopic (exact) mass is 332 g/mol. The van der Waals surface area contributed by atoms with E-state index in [2.05, 4.69) is 4.57 Å². The molecule has 23 heavy (non-hydrogen) atoms. The molecule has 2 aromatic rings. The van der Waals surface area contributed by atoms with Gasteiger partial charge in [0, 0.05) is 37.1 Å². The summed E-state index contributed by atoms with van der Waals surface area (Å²) in [5, 5.41) is 0. The molecule has 2 heterocycles. The minimum Gasteiger partial charge on any atom is -0.351 e. The zero-order valence-electron chi connectivity index (χ0n) is 13.1. The number of Topliss-reactive ketones (excluding diaryl/α,β-unsaturated/α-hetero) is 1. The van der Waals surface area contributed by atoms with Crippen molar-refractivity contribution in [3.63, 3.8) is 0 Å². The van der Waals surface area contributed by atoms with Crippen LogP contribution in [-0.2, 0) is 10.0 Å². The standard InChI is InChI=1S/C17H20N2O3S/c1-14(20)15-5-4-6-17(13-15)23(21,22)19-11-7-16(8-12-19)18-9-2-3-10-18/h2-6,9-10,13,16H,7-8,11-12H2,1H3. The zero-order chi connectivity index (χ0) is 16.4. The Kier molecular flexibility index (Phi) is 4.37. The molecule has 6 heteroatoms. The molecule has 0 radical (unpaired) electrons. The molecule has 1 aliphatic rings. The molecule has 0 N–H and O–H groups in total. The Balaban J connectivity index is 1.76. The molecule has 0 amide bonds. The summed E-state index contributed by atoms with van der Waals surface area (Å²) in [7, 11) is -3.54. The molecule has 1 aromatic carbocycles. The number of carbonyl (C=O) groups excluding carboxylic acids is 1. The lowest BCUT2D eigenvalue weighted by Gasteiger charge is -2.32. The highest BCUT2D eigenvalue weighted by molar-refractivity contribution is 7.89. The lowest BCUT2D eigenvalue weighted by molar-refractivity contribution is 0.101. The van der Waals surface area contributed by atoms with E-state index in [0.29, 0.717) is 24.7 Å². The van der Waals surface area contributed by atoms with E-state index in [0.717, 1.165) is 12.8 Å². The van der Waals surface area contributed by atoms with Crippen molar-refractivity contribution < 1.29 is 13.2 Å². The van der Waals surface area contributed by atoms with Gasteiger partial charge in [-0.15, -0.1) is 0 Å². The van der Waals surface area contributed by atoms with E-state index in [1.54, 1.807) is 18.2 Å². The Morgan fingerprint density at radius 3 is 2.35 bits per heavy atom. The van der Waals surface area contributed by atoms with Gasteiger partial charge in [-0.1, -0.05) is 12.1 Å². The number of benzene rings is 1. The van der Waals surface area contributed by atoms with Crippen LogP contribution in [0.25, 0.3) is 0 Å². The number of sulfonamides is 1. The zero-order valence-corrected chi connectivity index (χ0v) is 13.9. The van der Waals surface area contributed by atoms with Gasteiger partial charge in [-0.25, -0.2) is 8.42 Å². The normalized spacial score (nSPS) is 17.3. The maximum Gasteiger partial charge on any atom is 0.243 e. The summed E-state index contributed by atoms with van der Waals surface area (Å²) in [4.78, 5) is 11.7. The molecule has 1 aromatic heterocycles. The maximum absolute atomic E-state index is 12.8. The number of piperidine rings is 1. The molecule has 3 rings (SSSR count). The van der Waals surface area contributed by atoms with Crippen LogP contribution in [0.1, 0.15) is 36.2 Å². The van der Waals surface area contributed by atoms with Gasteiger partial charge in [-0.3, -0.25) is 4.79 Å². The van der Waals surface area contributed by atoms with Gasteiger partial charge < -0.3 is 4.57 Å². The van der Waals surface area contributed by atoms with Crippen LogP contribution >= 0.6 is 0 Å². The lowest BCUT2D eigenvalue weighted by Crippen LogP contribution is -2.38. The second-order valence-corrected chi connectivity index (χ2v) is 7.79. The van der Waals surface area contributed by atoms with Gasteiger partial charge >= 0.3 is 0 Å². The largest absolute Gasteiger partial charge is 0.351 e. The number of carbonyl (C=O) groups is 1. The number of rotatable bonds is 4. The van der Waals surface area contributed by atoms with Crippen molar-refractivity contribution in [2.24, 2.45) is 0 Å². The molecule has 0 saturated carbocycles. The van der Waals surface area contributed by atoms with Gasteiger partial charge in [0.1, 0.15) is 0 Å². The van der Waals surface area contributed by atoms with Gasteiger partial charge in [0.15, 0.2) is 5.78 Å². The Morgan fingerprint density at radius 2 is 1.74 bits per heavy atom. The van der Waals surface area contributed by atoms with Crippen LogP contribution in [0.15, 0.2) is 53.7 Å². The molecular formula is C17H20N2O3S.